The maximum Gasteiger partial charge on any atom is 0.371 e. The fourth-order valence-electron chi connectivity index (χ4n) is 1.75. The summed E-state index contributed by atoms with van der Waals surface area (Å²) in [6.07, 6.45) is 1.51. The second-order valence-electron chi connectivity index (χ2n) is 6.83. The van der Waals surface area contributed by atoms with Crippen molar-refractivity contribution in [2.45, 2.75) is 60.2 Å². The minimum atomic E-state index is -3.57. The summed E-state index contributed by atoms with van der Waals surface area (Å²) in [5.74, 6) is -1.21. The van der Waals surface area contributed by atoms with Gasteiger partial charge in [-0.15, -0.1) is 11.6 Å². The van der Waals surface area contributed by atoms with E-state index >= 15 is 0 Å². The van der Waals surface area contributed by atoms with E-state index in [9.17, 15) is 9.36 Å². The smallest absolute Gasteiger partial charge is 0.371 e. The summed E-state index contributed by atoms with van der Waals surface area (Å²) in [6, 6.07) is 0. The van der Waals surface area contributed by atoms with Crippen LogP contribution in [0.3, 0.4) is 0 Å². The van der Waals surface area contributed by atoms with Gasteiger partial charge >= 0.3 is 13.6 Å². The molecule has 0 saturated carbocycles. The third-order valence-electron chi connectivity index (χ3n) is 3.18. The van der Waals surface area contributed by atoms with Crippen LogP contribution in [0.15, 0.2) is 0 Å². The summed E-state index contributed by atoms with van der Waals surface area (Å²) in [7, 11) is -3.57. The van der Waals surface area contributed by atoms with Crippen LogP contribution in [-0.4, -0.2) is 30.9 Å². The Morgan fingerprint density at radius 2 is 1.39 bits per heavy atom. The second-order valence-corrected chi connectivity index (χ2v) is 9.20. The van der Waals surface area contributed by atoms with E-state index in [4.69, 9.17) is 25.4 Å². The maximum absolute atomic E-state index is 13.2. The first-order chi connectivity index (χ1) is 10.6. The second kappa shape index (κ2) is 11.5. The number of ether oxygens (including phenoxy) is 1. The number of carbonyl (C=O) groups is 1. The van der Waals surface area contributed by atoms with Crippen molar-refractivity contribution in [3.63, 3.8) is 0 Å². The molecule has 5 nitrogen and oxygen atoms in total. The van der Waals surface area contributed by atoms with Crippen LogP contribution in [0.4, 0.5) is 0 Å². The molecule has 0 heterocycles. The largest absolute Gasteiger partial charge is 0.448 e. The van der Waals surface area contributed by atoms with Gasteiger partial charge in [-0.1, -0.05) is 41.5 Å². The highest BCUT2D eigenvalue weighted by Crippen LogP contribution is 2.56. The quantitative estimate of drug-likeness (QED) is 0.272. The molecule has 0 bridgehead atoms. The van der Waals surface area contributed by atoms with E-state index in [1.807, 2.05) is 13.8 Å². The highest BCUT2D eigenvalue weighted by atomic mass is 35.5. The van der Waals surface area contributed by atoms with Crippen LogP contribution in [0.25, 0.3) is 0 Å². The van der Waals surface area contributed by atoms with Gasteiger partial charge in [-0.25, -0.2) is 0 Å². The van der Waals surface area contributed by atoms with Crippen molar-refractivity contribution < 1.29 is 23.1 Å². The van der Waals surface area contributed by atoms with Crippen molar-refractivity contribution in [2.75, 3.05) is 19.1 Å². The number of alkyl halides is 1. The lowest BCUT2D eigenvalue weighted by Gasteiger charge is -2.29. The number of carbonyl (C=O) groups excluding carboxylic acids is 1. The Labute approximate surface area is 145 Å². The molecular weight excluding hydrogens is 339 g/mol. The van der Waals surface area contributed by atoms with E-state index in [0.29, 0.717) is 25.0 Å². The Kier molecular flexibility index (Phi) is 11.4. The summed E-state index contributed by atoms with van der Waals surface area (Å²) >= 11 is 5.50. The van der Waals surface area contributed by atoms with Crippen LogP contribution in [0.1, 0.15) is 54.4 Å². The standard InChI is InChI=1S/C16H32ClO5P/c1-12(2)7-9-20-23(19,21-10-8-13(3)4)16(14(5)6)22-15(18)11-17/h12-14,16H,7-11H2,1-6H3/t16-/m1/s1. The van der Waals surface area contributed by atoms with Crippen LogP contribution >= 0.6 is 19.2 Å². The number of halogens is 1. The van der Waals surface area contributed by atoms with E-state index in [-0.39, 0.29) is 11.8 Å². The molecule has 0 aliphatic carbocycles. The van der Waals surface area contributed by atoms with Crippen LogP contribution in [0.5, 0.6) is 0 Å². The van der Waals surface area contributed by atoms with Crippen LogP contribution < -0.4 is 0 Å². The first-order valence-corrected chi connectivity index (χ1v) is 10.4. The van der Waals surface area contributed by atoms with Crippen LogP contribution in [-0.2, 0) is 23.1 Å². The lowest BCUT2D eigenvalue weighted by molar-refractivity contribution is -0.145. The molecule has 1 atom stereocenters. The number of esters is 1. The molecule has 0 radical (unpaired) electrons. The molecule has 0 aromatic carbocycles. The van der Waals surface area contributed by atoms with Gasteiger partial charge in [-0.05, 0) is 24.7 Å². The van der Waals surface area contributed by atoms with Crippen molar-refractivity contribution >= 4 is 25.2 Å². The average Bonchev–Trinajstić information content (AvgIpc) is 2.43. The van der Waals surface area contributed by atoms with Crippen molar-refractivity contribution in [1.29, 1.82) is 0 Å². The lowest BCUT2D eigenvalue weighted by Crippen LogP contribution is -2.27. The van der Waals surface area contributed by atoms with Gasteiger partial charge in [-0.2, -0.15) is 0 Å². The molecule has 0 rings (SSSR count). The number of hydrogen-bond acceptors (Lipinski definition) is 5. The molecule has 138 valence electrons. The molecular formula is C16H32ClO5P. The molecule has 0 fully saturated rings. The number of rotatable bonds is 12. The van der Waals surface area contributed by atoms with Gasteiger partial charge in [-0.3, -0.25) is 9.36 Å². The fourth-order valence-corrected chi connectivity index (χ4v) is 3.88. The Balaban J connectivity index is 5.07. The zero-order chi connectivity index (χ0) is 18.0. The summed E-state index contributed by atoms with van der Waals surface area (Å²) in [6.45, 7) is 12.5. The van der Waals surface area contributed by atoms with Gasteiger partial charge in [0.25, 0.3) is 0 Å². The number of hydrogen-bond donors (Lipinski definition) is 0. The van der Waals surface area contributed by atoms with Crippen molar-refractivity contribution in [3.8, 4) is 0 Å². The Morgan fingerprint density at radius 1 is 0.957 bits per heavy atom. The third-order valence-corrected chi connectivity index (χ3v) is 5.80. The van der Waals surface area contributed by atoms with E-state index in [2.05, 4.69) is 27.7 Å². The molecule has 0 unspecified atom stereocenters. The van der Waals surface area contributed by atoms with Gasteiger partial charge in [0, 0.05) is 5.92 Å². The highest BCUT2D eigenvalue weighted by molar-refractivity contribution is 7.54. The van der Waals surface area contributed by atoms with Crippen molar-refractivity contribution in [2.24, 2.45) is 17.8 Å². The van der Waals surface area contributed by atoms with Gasteiger partial charge < -0.3 is 13.8 Å². The Hall–Kier alpha value is -0.0900. The first kappa shape index (κ1) is 22.9. The minimum absolute atomic E-state index is 0.203. The summed E-state index contributed by atoms with van der Waals surface area (Å²) in [5.41, 5.74) is 0. The van der Waals surface area contributed by atoms with Crippen molar-refractivity contribution in [3.05, 3.63) is 0 Å². The SMILES string of the molecule is CC(C)CCOP(=O)(OCCC(C)C)[C@@H](OC(=O)CCl)C(C)C. The van der Waals surface area contributed by atoms with Gasteiger partial charge in [0.15, 0.2) is 0 Å². The summed E-state index contributed by atoms with van der Waals surface area (Å²) in [4.78, 5) is 11.6. The molecule has 0 aliphatic rings. The van der Waals surface area contributed by atoms with E-state index in [1.165, 1.54) is 0 Å². The molecule has 0 aliphatic heterocycles. The van der Waals surface area contributed by atoms with E-state index in [1.54, 1.807) is 0 Å². The monoisotopic (exact) mass is 370 g/mol. The van der Waals surface area contributed by atoms with Gasteiger partial charge in [0.1, 0.15) is 5.88 Å². The van der Waals surface area contributed by atoms with Gasteiger partial charge in [0.05, 0.1) is 13.2 Å². The molecule has 0 amide bonds. The van der Waals surface area contributed by atoms with Crippen LogP contribution in [0, 0.1) is 17.8 Å². The third kappa shape index (κ3) is 9.71. The summed E-state index contributed by atoms with van der Waals surface area (Å²) < 4.78 is 29.7. The average molecular weight is 371 g/mol. The first-order valence-electron chi connectivity index (χ1n) is 8.26. The Bertz CT molecular complexity index is 367. The normalized spacial score (nSPS) is 13.8. The molecule has 0 saturated heterocycles. The molecule has 0 aromatic rings. The molecule has 0 spiro atoms. The fraction of sp³-hybridized carbons (Fsp3) is 0.938. The Morgan fingerprint density at radius 3 is 1.70 bits per heavy atom. The van der Waals surface area contributed by atoms with E-state index in [0.717, 1.165) is 12.8 Å². The zero-order valence-corrected chi connectivity index (χ0v) is 16.9. The molecule has 23 heavy (non-hydrogen) atoms. The molecule has 0 aromatic heterocycles. The molecule has 0 N–H and O–H groups in total. The lowest BCUT2D eigenvalue weighted by atomic mass is 10.2. The van der Waals surface area contributed by atoms with Crippen molar-refractivity contribution in [1.82, 2.24) is 0 Å². The maximum atomic E-state index is 13.2. The molecule has 7 heteroatoms. The summed E-state index contributed by atoms with van der Waals surface area (Å²) in [5, 5.41) is 0. The van der Waals surface area contributed by atoms with E-state index < -0.39 is 19.4 Å². The predicted octanol–water partition coefficient (Wildman–Crippen LogP) is 5.07. The topological polar surface area (TPSA) is 61.8 Å². The van der Waals surface area contributed by atoms with Gasteiger partial charge in [0.2, 0.25) is 5.85 Å². The highest BCUT2D eigenvalue weighted by Gasteiger charge is 2.41. The van der Waals surface area contributed by atoms with Crippen LogP contribution in [0.2, 0.25) is 0 Å². The zero-order valence-electron chi connectivity index (χ0n) is 15.2. The minimum Gasteiger partial charge on any atom is -0.448 e. The predicted molar refractivity (Wildman–Crippen MR) is 93.9 cm³/mol.